The average molecular weight is 385 g/mol. The number of aryl methyl sites for hydroxylation is 1. The molecule has 0 aliphatic rings. The molecule has 0 atom stereocenters. The number of sulfone groups is 1. The van der Waals surface area contributed by atoms with Crippen LogP contribution in [0, 0.1) is 6.92 Å². The van der Waals surface area contributed by atoms with Gasteiger partial charge in [-0.05, 0) is 19.1 Å². The van der Waals surface area contributed by atoms with Crippen molar-refractivity contribution in [2.45, 2.75) is 19.1 Å². The lowest BCUT2D eigenvalue weighted by Gasteiger charge is -2.05. The van der Waals surface area contributed by atoms with Gasteiger partial charge in [-0.1, -0.05) is 53.2 Å². The molecule has 0 saturated heterocycles. The highest BCUT2D eigenvalue weighted by Gasteiger charge is 2.19. The summed E-state index contributed by atoms with van der Waals surface area (Å²) in [5, 5.41) is 6.48. The molecule has 8 heteroatoms. The Morgan fingerprint density at radius 2 is 1.78 bits per heavy atom. The third-order valence-electron chi connectivity index (χ3n) is 3.82. The predicted octanol–water partition coefficient (Wildman–Crippen LogP) is 2.99. The fourth-order valence-electron chi connectivity index (χ4n) is 2.39. The molecule has 1 N–H and O–H groups in total. The van der Waals surface area contributed by atoms with Crippen molar-refractivity contribution in [1.29, 1.82) is 0 Å². The van der Waals surface area contributed by atoms with Crippen LogP contribution in [-0.2, 0) is 20.4 Å². The largest absolute Gasteiger partial charge is 0.338 e. The van der Waals surface area contributed by atoms with Gasteiger partial charge in [-0.3, -0.25) is 4.79 Å². The Labute approximate surface area is 157 Å². The molecule has 0 spiro atoms. The molecule has 3 aromatic rings. The average Bonchev–Trinajstić information content (AvgIpc) is 3.09. The van der Waals surface area contributed by atoms with Crippen molar-refractivity contribution in [2.24, 2.45) is 0 Å². The zero-order chi connectivity index (χ0) is 19.3. The maximum Gasteiger partial charge on any atom is 0.242 e. The highest BCUT2D eigenvalue weighted by atomic mass is 32.2. The van der Waals surface area contributed by atoms with Crippen LogP contribution in [-0.4, -0.2) is 30.2 Å². The minimum absolute atomic E-state index is 0.00837. The summed E-state index contributed by atoms with van der Waals surface area (Å²) < 4.78 is 29.5. The maximum atomic E-state index is 12.2. The molecule has 1 aromatic heterocycles. The minimum Gasteiger partial charge on any atom is -0.338 e. The third-order valence-corrected chi connectivity index (χ3v) is 5.33. The van der Waals surface area contributed by atoms with Crippen LogP contribution < -0.4 is 5.32 Å². The topological polar surface area (TPSA) is 102 Å². The first-order valence-corrected chi connectivity index (χ1v) is 10.2. The van der Waals surface area contributed by atoms with E-state index >= 15 is 0 Å². The second kappa shape index (κ2) is 8.13. The van der Waals surface area contributed by atoms with Crippen LogP contribution in [0.25, 0.3) is 11.4 Å². The number of rotatable bonds is 7. The molecule has 7 nitrogen and oxygen atoms in total. The molecule has 0 bridgehead atoms. The van der Waals surface area contributed by atoms with E-state index in [4.69, 9.17) is 4.52 Å². The van der Waals surface area contributed by atoms with Crippen LogP contribution in [0.5, 0.6) is 0 Å². The zero-order valence-corrected chi connectivity index (χ0v) is 15.6. The predicted molar refractivity (Wildman–Crippen MR) is 102 cm³/mol. The van der Waals surface area contributed by atoms with Gasteiger partial charge in [0.15, 0.2) is 9.84 Å². The van der Waals surface area contributed by atoms with Crippen LogP contribution in [0.4, 0.5) is 5.69 Å². The Hall–Kier alpha value is -3.00. The van der Waals surface area contributed by atoms with Gasteiger partial charge >= 0.3 is 0 Å². The monoisotopic (exact) mass is 385 g/mol. The van der Waals surface area contributed by atoms with Crippen LogP contribution in [0.3, 0.4) is 0 Å². The zero-order valence-electron chi connectivity index (χ0n) is 14.8. The van der Waals surface area contributed by atoms with Gasteiger partial charge in [-0.15, -0.1) is 0 Å². The second-order valence-corrected chi connectivity index (χ2v) is 8.32. The fourth-order valence-corrected chi connectivity index (χ4v) is 3.52. The SMILES string of the molecule is Cc1ccc(-c2noc(CS(=O)(=O)CCC(=O)Nc3ccccc3)n2)cc1. The highest BCUT2D eigenvalue weighted by Crippen LogP contribution is 2.17. The summed E-state index contributed by atoms with van der Waals surface area (Å²) in [5.74, 6) is -0.718. The number of nitrogens with zero attached hydrogens (tertiary/aromatic N) is 2. The van der Waals surface area contributed by atoms with Crippen LogP contribution in [0.2, 0.25) is 0 Å². The molecular weight excluding hydrogens is 366 g/mol. The van der Waals surface area contributed by atoms with Crippen molar-refractivity contribution < 1.29 is 17.7 Å². The lowest BCUT2D eigenvalue weighted by Crippen LogP contribution is -2.18. The molecule has 0 fully saturated rings. The fraction of sp³-hybridized carbons (Fsp3) is 0.211. The van der Waals surface area contributed by atoms with Gasteiger partial charge in [0.1, 0.15) is 5.75 Å². The number of anilines is 1. The van der Waals surface area contributed by atoms with Crippen LogP contribution in [0.15, 0.2) is 59.1 Å². The number of amides is 1. The van der Waals surface area contributed by atoms with E-state index in [1.807, 2.05) is 37.3 Å². The van der Waals surface area contributed by atoms with E-state index in [1.54, 1.807) is 24.3 Å². The van der Waals surface area contributed by atoms with Crippen molar-refractivity contribution in [1.82, 2.24) is 10.1 Å². The molecule has 3 rings (SSSR count). The normalized spacial score (nSPS) is 11.3. The molecule has 140 valence electrons. The molecular formula is C19H19N3O4S. The summed E-state index contributed by atoms with van der Waals surface area (Å²) in [5.41, 5.74) is 2.47. The summed E-state index contributed by atoms with van der Waals surface area (Å²) >= 11 is 0. The summed E-state index contributed by atoms with van der Waals surface area (Å²) in [4.78, 5) is 16.0. The Bertz CT molecular complexity index is 1010. The van der Waals surface area contributed by atoms with Gasteiger partial charge in [-0.2, -0.15) is 4.98 Å². The molecule has 0 saturated carbocycles. The highest BCUT2D eigenvalue weighted by molar-refractivity contribution is 7.90. The van der Waals surface area contributed by atoms with Gasteiger partial charge in [0.05, 0.1) is 5.75 Å². The number of para-hydroxylation sites is 1. The van der Waals surface area contributed by atoms with Crippen molar-refractivity contribution in [3.05, 3.63) is 66.1 Å². The number of hydrogen-bond donors (Lipinski definition) is 1. The number of carbonyl (C=O) groups excluding carboxylic acids is 1. The first kappa shape index (κ1) is 18.8. The van der Waals surface area contributed by atoms with Crippen LogP contribution >= 0.6 is 0 Å². The molecule has 0 radical (unpaired) electrons. The van der Waals surface area contributed by atoms with E-state index < -0.39 is 15.6 Å². The Morgan fingerprint density at radius 1 is 1.07 bits per heavy atom. The Kier molecular flexibility index (Phi) is 5.66. The minimum atomic E-state index is -3.55. The van der Waals surface area contributed by atoms with Crippen molar-refractivity contribution in [3.8, 4) is 11.4 Å². The van der Waals surface area contributed by atoms with E-state index in [0.29, 0.717) is 11.5 Å². The molecule has 0 unspecified atom stereocenters. The summed E-state index contributed by atoms with van der Waals surface area (Å²) in [6.45, 7) is 1.96. The number of nitrogens with one attached hydrogen (secondary N) is 1. The maximum absolute atomic E-state index is 12.2. The summed E-state index contributed by atoms with van der Waals surface area (Å²) in [6.07, 6.45) is -0.143. The second-order valence-electron chi connectivity index (χ2n) is 6.13. The quantitative estimate of drug-likeness (QED) is 0.671. The standard InChI is InChI=1S/C19H19N3O4S/c1-14-7-9-15(10-8-14)19-21-18(26-22-19)13-27(24,25)12-11-17(23)20-16-5-3-2-4-6-16/h2-10H,11-13H2,1H3,(H,20,23). The van der Waals surface area contributed by atoms with E-state index in [0.717, 1.165) is 11.1 Å². The first-order valence-electron chi connectivity index (χ1n) is 8.36. The number of carbonyl (C=O) groups is 1. The lowest BCUT2D eigenvalue weighted by atomic mass is 10.1. The van der Waals surface area contributed by atoms with E-state index in [-0.39, 0.29) is 24.0 Å². The van der Waals surface area contributed by atoms with Gasteiger partial charge in [0.25, 0.3) is 0 Å². The molecule has 0 aliphatic heterocycles. The van der Waals surface area contributed by atoms with E-state index in [1.165, 1.54) is 0 Å². The Morgan fingerprint density at radius 3 is 2.48 bits per heavy atom. The number of benzene rings is 2. The van der Waals surface area contributed by atoms with Crippen molar-refractivity contribution in [2.75, 3.05) is 11.1 Å². The van der Waals surface area contributed by atoms with Gasteiger partial charge in [0.2, 0.25) is 17.6 Å². The van der Waals surface area contributed by atoms with Gasteiger partial charge < -0.3 is 9.84 Å². The molecule has 1 amide bonds. The molecule has 2 aromatic carbocycles. The molecule has 27 heavy (non-hydrogen) atoms. The van der Waals surface area contributed by atoms with Crippen molar-refractivity contribution in [3.63, 3.8) is 0 Å². The smallest absolute Gasteiger partial charge is 0.242 e. The Balaban J connectivity index is 1.56. The van der Waals surface area contributed by atoms with E-state index in [9.17, 15) is 13.2 Å². The van der Waals surface area contributed by atoms with Gasteiger partial charge in [-0.25, -0.2) is 8.42 Å². The third kappa shape index (κ3) is 5.49. The number of hydrogen-bond acceptors (Lipinski definition) is 6. The van der Waals surface area contributed by atoms with Crippen LogP contribution in [0.1, 0.15) is 17.9 Å². The molecule has 1 heterocycles. The van der Waals surface area contributed by atoms with Gasteiger partial charge in [0, 0.05) is 17.7 Å². The summed E-state index contributed by atoms with van der Waals surface area (Å²) in [7, 11) is -3.55. The van der Waals surface area contributed by atoms with E-state index in [2.05, 4.69) is 15.5 Å². The summed E-state index contributed by atoms with van der Waals surface area (Å²) in [6, 6.07) is 16.4. The lowest BCUT2D eigenvalue weighted by molar-refractivity contribution is -0.115. The number of aromatic nitrogens is 2. The van der Waals surface area contributed by atoms with Crippen molar-refractivity contribution >= 4 is 21.4 Å². The first-order chi connectivity index (χ1) is 12.9. The molecule has 0 aliphatic carbocycles.